The third-order valence-corrected chi connectivity index (χ3v) is 2.33. The van der Waals surface area contributed by atoms with E-state index in [1.807, 2.05) is 0 Å². The van der Waals surface area contributed by atoms with Crippen molar-refractivity contribution in [1.29, 1.82) is 0 Å². The van der Waals surface area contributed by atoms with Crippen LogP contribution in [0, 0.1) is 10.1 Å². The number of aryl methyl sites for hydroxylation is 1. The molecule has 0 aliphatic carbocycles. The Labute approximate surface area is 92.6 Å². The number of benzene rings is 1. The summed E-state index contributed by atoms with van der Waals surface area (Å²) in [5, 5.41) is 10.5. The largest absolute Gasteiger partial charge is 0.449 e. The minimum Gasteiger partial charge on any atom is -0.323 e. The summed E-state index contributed by atoms with van der Waals surface area (Å²) in [5.74, 6) is -1.08. The second-order valence-corrected chi connectivity index (χ2v) is 3.42. The molecule has 0 saturated carbocycles. The molecule has 0 aliphatic rings. The van der Waals surface area contributed by atoms with Gasteiger partial charge in [-0.2, -0.15) is 13.2 Å². The lowest BCUT2D eigenvalue weighted by molar-refractivity contribution is -0.384. The second-order valence-electron chi connectivity index (χ2n) is 3.42. The van der Waals surface area contributed by atoms with Crippen LogP contribution in [0.2, 0.25) is 0 Å². The molecule has 8 heteroatoms. The van der Waals surface area contributed by atoms with Crippen LogP contribution in [-0.4, -0.2) is 14.5 Å². The van der Waals surface area contributed by atoms with E-state index >= 15 is 0 Å². The molecule has 2 aromatic rings. The first-order chi connectivity index (χ1) is 7.80. The van der Waals surface area contributed by atoms with Gasteiger partial charge in [-0.3, -0.25) is 10.1 Å². The molecule has 0 radical (unpaired) electrons. The van der Waals surface area contributed by atoms with Gasteiger partial charge >= 0.3 is 6.18 Å². The lowest BCUT2D eigenvalue weighted by atomic mass is 10.3. The molecule has 0 aliphatic heterocycles. The van der Waals surface area contributed by atoms with E-state index in [9.17, 15) is 23.3 Å². The molecular formula is C9H6F3N3O2. The van der Waals surface area contributed by atoms with Crippen LogP contribution >= 0.6 is 0 Å². The Morgan fingerprint density at radius 2 is 2.06 bits per heavy atom. The van der Waals surface area contributed by atoms with Gasteiger partial charge in [0.15, 0.2) is 0 Å². The summed E-state index contributed by atoms with van der Waals surface area (Å²) in [4.78, 5) is 13.2. The first-order valence-corrected chi connectivity index (χ1v) is 4.49. The quantitative estimate of drug-likeness (QED) is 0.572. The van der Waals surface area contributed by atoms with Crippen molar-refractivity contribution in [2.24, 2.45) is 7.05 Å². The van der Waals surface area contributed by atoms with Crippen molar-refractivity contribution in [2.45, 2.75) is 6.18 Å². The fourth-order valence-electron chi connectivity index (χ4n) is 1.56. The monoisotopic (exact) mass is 245 g/mol. The summed E-state index contributed by atoms with van der Waals surface area (Å²) in [6, 6.07) is 3.41. The maximum atomic E-state index is 12.5. The number of alkyl halides is 3. The van der Waals surface area contributed by atoms with Crippen molar-refractivity contribution in [3.8, 4) is 0 Å². The molecule has 0 fully saturated rings. The maximum absolute atomic E-state index is 12.5. The average Bonchev–Trinajstić information content (AvgIpc) is 2.55. The molecule has 0 atom stereocenters. The first kappa shape index (κ1) is 11.4. The van der Waals surface area contributed by atoms with Gasteiger partial charge in [0.05, 0.1) is 16.0 Å². The highest BCUT2D eigenvalue weighted by molar-refractivity contribution is 5.78. The normalized spacial score (nSPS) is 12.0. The zero-order valence-electron chi connectivity index (χ0n) is 8.52. The minimum atomic E-state index is -4.58. The van der Waals surface area contributed by atoms with E-state index in [-0.39, 0.29) is 16.7 Å². The van der Waals surface area contributed by atoms with E-state index in [1.54, 1.807) is 0 Å². The molecule has 0 bridgehead atoms. The number of hydrogen-bond donors (Lipinski definition) is 0. The van der Waals surface area contributed by atoms with Gasteiger partial charge in [-0.1, -0.05) is 0 Å². The SMILES string of the molecule is Cn1c(C(F)(F)F)nc2cc([N+](=O)[O-])ccc21. The van der Waals surface area contributed by atoms with E-state index in [0.717, 1.165) is 16.7 Å². The molecule has 1 aromatic heterocycles. The molecule has 2 rings (SSSR count). The fraction of sp³-hybridized carbons (Fsp3) is 0.222. The molecule has 0 unspecified atom stereocenters. The number of nitro groups is 1. The second kappa shape index (κ2) is 3.44. The van der Waals surface area contributed by atoms with E-state index in [1.165, 1.54) is 13.1 Å². The number of non-ortho nitro benzene ring substituents is 1. The molecule has 5 nitrogen and oxygen atoms in total. The molecular weight excluding hydrogens is 239 g/mol. The number of halogens is 3. The molecule has 90 valence electrons. The van der Waals surface area contributed by atoms with Crippen molar-refractivity contribution in [2.75, 3.05) is 0 Å². The van der Waals surface area contributed by atoms with Crippen molar-refractivity contribution in [1.82, 2.24) is 9.55 Å². The molecule has 0 N–H and O–H groups in total. The minimum absolute atomic E-state index is 0.0472. The number of imidazole rings is 1. The first-order valence-electron chi connectivity index (χ1n) is 4.49. The summed E-state index contributed by atoms with van der Waals surface area (Å²) in [5.41, 5.74) is -0.138. The highest BCUT2D eigenvalue weighted by Crippen LogP contribution is 2.31. The summed E-state index contributed by atoms with van der Waals surface area (Å²) in [6.07, 6.45) is -4.58. The Bertz CT molecular complexity index is 603. The molecule has 0 saturated heterocycles. The number of fused-ring (bicyclic) bond motifs is 1. The predicted molar refractivity (Wildman–Crippen MR) is 52.4 cm³/mol. The Morgan fingerprint density at radius 1 is 1.41 bits per heavy atom. The summed E-state index contributed by atoms with van der Waals surface area (Å²) < 4.78 is 38.4. The number of rotatable bonds is 1. The van der Waals surface area contributed by atoms with Crippen LogP contribution in [-0.2, 0) is 13.2 Å². The summed E-state index contributed by atoms with van der Waals surface area (Å²) in [6.45, 7) is 0. The van der Waals surface area contributed by atoms with Gasteiger partial charge in [0.2, 0.25) is 5.82 Å². The Morgan fingerprint density at radius 3 is 2.59 bits per heavy atom. The molecule has 0 amide bonds. The topological polar surface area (TPSA) is 61.0 Å². The van der Waals surface area contributed by atoms with Gasteiger partial charge in [-0.25, -0.2) is 4.98 Å². The van der Waals surface area contributed by atoms with Crippen LogP contribution in [0.1, 0.15) is 5.82 Å². The Hall–Kier alpha value is -2.12. The van der Waals surface area contributed by atoms with Gasteiger partial charge in [0.25, 0.3) is 5.69 Å². The van der Waals surface area contributed by atoms with E-state index < -0.39 is 16.9 Å². The third-order valence-electron chi connectivity index (χ3n) is 2.33. The van der Waals surface area contributed by atoms with Crippen LogP contribution in [0.15, 0.2) is 18.2 Å². The van der Waals surface area contributed by atoms with Crippen LogP contribution in [0.3, 0.4) is 0 Å². The van der Waals surface area contributed by atoms with Crippen LogP contribution < -0.4 is 0 Å². The summed E-state index contributed by atoms with van der Waals surface area (Å²) in [7, 11) is 1.21. The van der Waals surface area contributed by atoms with Gasteiger partial charge in [0.1, 0.15) is 0 Å². The lowest BCUT2D eigenvalue weighted by Gasteiger charge is -2.05. The fourth-order valence-corrected chi connectivity index (χ4v) is 1.56. The zero-order chi connectivity index (χ0) is 12.8. The Balaban J connectivity index is 2.70. The standard InChI is InChI=1S/C9H6F3N3O2/c1-14-7-3-2-5(15(16)17)4-6(7)13-8(14)9(10,11)12/h2-4H,1H3. The number of nitrogens with zero attached hydrogens (tertiary/aromatic N) is 3. The third kappa shape index (κ3) is 1.81. The number of nitro benzene ring substituents is 1. The van der Waals surface area contributed by atoms with Gasteiger partial charge in [-0.05, 0) is 6.07 Å². The molecule has 1 heterocycles. The zero-order valence-corrected chi connectivity index (χ0v) is 8.52. The molecule has 17 heavy (non-hydrogen) atoms. The number of aromatic nitrogens is 2. The van der Waals surface area contributed by atoms with Crippen molar-refractivity contribution in [3.05, 3.63) is 34.1 Å². The van der Waals surface area contributed by atoms with Gasteiger partial charge in [-0.15, -0.1) is 0 Å². The summed E-state index contributed by atoms with van der Waals surface area (Å²) >= 11 is 0. The highest BCUT2D eigenvalue weighted by atomic mass is 19.4. The van der Waals surface area contributed by atoms with Crippen molar-refractivity contribution < 1.29 is 18.1 Å². The lowest BCUT2D eigenvalue weighted by Crippen LogP contribution is -2.12. The smallest absolute Gasteiger partial charge is 0.323 e. The highest BCUT2D eigenvalue weighted by Gasteiger charge is 2.36. The van der Waals surface area contributed by atoms with Crippen LogP contribution in [0.5, 0.6) is 0 Å². The maximum Gasteiger partial charge on any atom is 0.449 e. The van der Waals surface area contributed by atoms with Crippen molar-refractivity contribution >= 4 is 16.7 Å². The molecule has 1 aromatic carbocycles. The van der Waals surface area contributed by atoms with E-state index in [0.29, 0.717) is 0 Å². The van der Waals surface area contributed by atoms with Gasteiger partial charge < -0.3 is 4.57 Å². The number of hydrogen-bond acceptors (Lipinski definition) is 3. The van der Waals surface area contributed by atoms with Crippen molar-refractivity contribution in [3.63, 3.8) is 0 Å². The Kier molecular flexibility index (Phi) is 2.30. The average molecular weight is 245 g/mol. The van der Waals surface area contributed by atoms with Crippen LogP contribution in [0.4, 0.5) is 18.9 Å². The van der Waals surface area contributed by atoms with E-state index in [2.05, 4.69) is 4.98 Å². The van der Waals surface area contributed by atoms with Gasteiger partial charge in [0, 0.05) is 19.2 Å². The van der Waals surface area contributed by atoms with E-state index in [4.69, 9.17) is 0 Å². The predicted octanol–water partition coefficient (Wildman–Crippen LogP) is 2.50. The molecule has 0 spiro atoms. The van der Waals surface area contributed by atoms with Crippen LogP contribution in [0.25, 0.3) is 11.0 Å².